The largest absolute Gasteiger partial charge is 0.725 e. The molecule has 0 aromatic heterocycles. The minimum Gasteiger partial charge on any atom is -0.725 e. The lowest BCUT2D eigenvalue weighted by Gasteiger charge is -2.40. The molecule has 0 rings (SSSR count). The summed E-state index contributed by atoms with van der Waals surface area (Å²) in [6.07, 6.45) is 117. The standard InChI is InChI=1S/2C48H100N.H2O8S2/c2*1-5-9-13-17-21-25-29-33-37-41-45-49(46-42-38-34-30-26-22-18-14-10-6-2,47-43-39-35-31-27-23-19-15-11-7-3)48-44-40-36-32-28-24-20-16-12-8-4;1-7-10(5,6)8-9(2,3)4/h2*5-48H2,1-4H3;1H,(H,2,3,4)/q2*+1;/p-2. The van der Waals surface area contributed by atoms with E-state index in [4.69, 9.17) is 5.26 Å². The van der Waals surface area contributed by atoms with E-state index in [-0.39, 0.29) is 0 Å². The van der Waals surface area contributed by atoms with Crippen LogP contribution in [0.4, 0.5) is 0 Å². The second kappa shape index (κ2) is 92.2. The Morgan fingerprint density at radius 2 is 0.269 bits per heavy atom. The molecule has 0 saturated heterocycles. The van der Waals surface area contributed by atoms with Crippen LogP contribution in [0.1, 0.15) is 569 Å². The van der Waals surface area contributed by atoms with Crippen LogP contribution in [0.15, 0.2) is 0 Å². The molecule has 0 aliphatic carbocycles. The van der Waals surface area contributed by atoms with Crippen molar-refractivity contribution in [3.8, 4) is 0 Å². The van der Waals surface area contributed by atoms with Gasteiger partial charge < -0.3 is 23.1 Å². The fourth-order valence-electron chi connectivity index (χ4n) is 16.9. The van der Waals surface area contributed by atoms with Gasteiger partial charge in [0.15, 0.2) is 0 Å². The molecule has 0 fully saturated rings. The van der Waals surface area contributed by atoms with E-state index in [1.807, 2.05) is 0 Å². The molecule has 0 saturated carbocycles. The molecular weight excluding hydrogens is 1370 g/mol. The highest BCUT2D eigenvalue weighted by atomic mass is 32.3. The van der Waals surface area contributed by atoms with Gasteiger partial charge in [-0.25, -0.2) is 8.42 Å². The van der Waals surface area contributed by atoms with Crippen LogP contribution in [0.5, 0.6) is 0 Å². The van der Waals surface area contributed by atoms with Gasteiger partial charge in [0.25, 0.3) is 0 Å². The van der Waals surface area contributed by atoms with Gasteiger partial charge in [0, 0.05) is 0 Å². The molecule has 0 N–H and O–H groups in total. The number of hydrogen-bond acceptors (Lipinski definition) is 8. The SMILES string of the molecule is CCCCCCCCCCCC[N+](CCCCCCCCCCCC)(CCCCCCCCCCCC)CCCCCCCCCCCC.CCCCCCCCCCCC[N+](CCCCCCCCCCCC)(CCCCCCCCCCCC)CCCCCCCCCCCC.O=S(=O)([O-])OS(=O)(=O)O[O-]. The number of rotatable bonds is 91. The van der Waals surface area contributed by atoms with Crippen molar-refractivity contribution in [2.75, 3.05) is 52.4 Å². The first-order chi connectivity index (χ1) is 52.8. The zero-order valence-corrected chi connectivity index (χ0v) is 76.8. The van der Waals surface area contributed by atoms with E-state index >= 15 is 0 Å². The van der Waals surface area contributed by atoms with Crippen LogP contribution in [0, 0.1) is 0 Å². The van der Waals surface area contributed by atoms with Gasteiger partial charge in [-0.1, -0.05) is 466 Å². The van der Waals surface area contributed by atoms with Crippen molar-refractivity contribution in [3.05, 3.63) is 0 Å². The quantitative estimate of drug-likeness (QED) is 0.0147. The third-order valence-electron chi connectivity index (χ3n) is 24.1. The average Bonchev–Trinajstić information content (AvgIpc) is 0.894. The van der Waals surface area contributed by atoms with Crippen molar-refractivity contribution in [2.45, 2.75) is 569 Å². The zero-order valence-electron chi connectivity index (χ0n) is 75.2. The third-order valence-corrected chi connectivity index (χ3v) is 25.6. The lowest BCUT2D eigenvalue weighted by Crippen LogP contribution is -2.50. The van der Waals surface area contributed by atoms with Crippen molar-refractivity contribution in [1.29, 1.82) is 0 Å². The normalized spacial score (nSPS) is 12.1. The Kier molecular flexibility index (Phi) is 95.4. The predicted molar refractivity (Wildman–Crippen MR) is 475 cm³/mol. The van der Waals surface area contributed by atoms with Gasteiger partial charge in [-0.15, -0.1) is 3.63 Å². The Hall–Kier alpha value is -0.340. The van der Waals surface area contributed by atoms with Crippen molar-refractivity contribution < 1.29 is 43.6 Å². The molecule has 0 aliphatic rings. The summed E-state index contributed by atoms with van der Waals surface area (Å²) in [6.45, 7) is 30.6. The van der Waals surface area contributed by atoms with Gasteiger partial charge in [-0.2, -0.15) is 8.42 Å². The molecule has 10 nitrogen and oxygen atoms in total. The van der Waals surface area contributed by atoms with E-state index in [9.17, 15) is 21.4 Å². The fraction of sp³-hybridized carbons (Fsp3) is 1.00. The minimum atomic E-state index is -5.46. The summed E-state index contributed by atoms with van der Waals surface area (Å²) in [6, 6.07) is 0. The summed E-state index contributed by atoms with van der Waals surface area (Å²) < 4.78 is 55.5. The van der Waals surface area contributed by atoms with E-state index in [1.54, 1.807) is 0 Å². The van der Waals surface area contributed by atoms with Crippen LogP contribution >= 0.6 is 0 Å². The maximum atomic E-state index is 9.68. The summed E-state index contributed by atoms with van der Waals surface area (Å²) in [5.74, 6) is 0. The van der Waals surface area contributed by atoms with Gasteiger partial charge in [0.2, 0.25) is 10.4 Å². The third kappa shape index (κ3) is 91.2. The first-order valence-electron chi connectivity index (χ1n) is 49.7. The summed E-state index contributed by atoms with van der Waals surface area (Å²) in [7, 11) is -10.7. The number of hydrogen-bond donors (Lipinski definition) is 0. The van der Waals surface area contributed by atoms with Crippen molar-refractivity contribution in [1.82, 2.24) is 0 Å². The van der Waals surface area contributed by atoms with Crippen molar-refractivity contribution >= 4 is 20.8 Å². The van der Waals surface area contributed by atoms with E-state index in [2.05, 4.69) is 63.4 Å². The van der Waals surface area contributed by atoms with Crippen LogP contribution in [0.3, 0.4) is 0 Å². The summed E-state index contributed by atoms with van der Waals surface area (Å²) in [5, 5.41) is 9.01. The fourth-order valence-corrected chi connectivity index (χ4v) is 17.8. The average molecular weight is 1570 g/mol. The second-order valence-corrected chi connectivity index (χ2v) is 37.2. The summed E-state index contributed by atoms with van der Waals surface area (Å²) in [5.41, 5.74) is 0. The molecule has 0 aliphatic heterocycles. The molecule has 108 heavy (non-hydrogen) atoms. The number of quaternary nitrogens is 2. The first kappa shape index (κ1) is 112. The maximum absolute atomic E-state index is 9.68. The first-order valence-corrected chi connectivity index (χ1v) is 52.4. The Balaban J connectivity index is -0.00000180. The zero-order chi connectivity index (χ0) is 79.6. The van der Waals surface area contributed by atoms with Gasteiger partial charge in [0.1, 0.15) is 0 Å². The molecule has 0 unspecified atom stereocenters. The molecule has 0 heterocycles. The van der Waals surface area contributed by atoms with Gasteiger partial charge >= 0.3 is 10.4 Å². The molecule has 0 aromatic carbocycles. The molecule has 0 amide bonds. The monoisotopic (exact) mass is 1570 g/mol. The van der Waals surface area contributed by atoms with Gasteiger partial charge in [-0.05, 0) is 103 Å². The van der Waals surface area contributed by atoms with Crippen molar-refractivity contribution in [3.63, 3.8) is 0 Å². The number of unbranched alkanes of at least 4 members (excludes halogenated alkanes) is 72. The van der Waals surface area contributed by atoms with E-state index in [0.717, 1.165) is 0 Å². The molecule has 0 radical (unpaired) electrons. The lowest BCUT2D eigenvalue weighted by atomic mass is 10.0. The Labute approximate surface area is 681 Å². The van der Waals surface area contributed by atoms with Crippen LogP contribution in [0.2, 0.25) is 0 Å². The topological polar surface area (TPSA) is 133 Å². The Morgan fingerprint density at radius 3 is 0.343 bits per heavy atom. The Bertz CT molecular complexity index is 1570. The second-order valence-electron chi connectivity index (χ2n) is 34.9. The van der Waals surface area contributed by atoms with E-state index in [0.29, 0.717) is 0 Å². The lowest BCUT2D eigenvalue weighted by molar-refractivity contribution is -0.929. The summed E-state index contributed by atoms with van der Waals surface area (Å²) >= 11 is 0. The Morgan fingerprint density at radius 1 is 0.176 bits per heavy atom. The van der Waals surface area contributed by atoms with Crippen molar-refractivity contribution in [2.24, 2.45) is 0 Å². The van der Waals surface area contributed by atoms with Gasteiger partial charge in [-0.3, -0.25) is 0 Å². The number of nitrogens with zero attached hydrogens (tertiary/aromatic N) is 2. The highest BCUT2D eigenvalue weighted by Gasteiger charge is 2.28. The van der Waals surface area contributed by atoms with Crippen LogP contribution in [0.25, 0.3) is 0 Å². The van der Waals surface area contributed by atoms with Crippen LogP contribution < -0.4 is 5.26 Å². The van der Waals surface area contributed by atoms with Crippen LogP contribution in [-0.2, 0) is 28.8 Å². The van der Waals surface area contributed by atoms with E-state index < -0.39 is 20.8 Å². The molecule has 0 atom stereocenters. The van der Waals surface area contributed by atoms with Gasteiger partial charge in [0.05, 0.1) is 52.4 Å². The smallest absolute Gasteiger partial charge is 0.405 e. The van der Waals surface area contributed by atoms with E-state index in [1.165, 1.54) is 575 Å². The van der Waals surface area contributed by atoms with Crippen LogP contribution in [-0.4, -0.2) is 82.7 Å². The highest BCUT2D eigenvalue weighted by Crippen LogP contribution is 2.26. The highest BCUT2D eigenvalue weighted by molar-refractivity contribution is 7.94. The minimum absolute atomic E-state index is 1.37. The molecule has 0 spiro atoms. The maximum Gasteiger partial charge on any atom is 0.405 e. The molecule has 0 aromatic rings. The molecule has 12 heteroatoms. The molecule has 0 bridgehead atoms. The predicted octanol–water partition coefficient (Wildman–Crippen LogP) is 32.0. The molecule has 654 valence electrons. The molecular formula is C96H200N2O8S2. The summed E-state index contributed by atoms with van der Waals surface area (Å²) in [4.78, 5) is 0.